The topological polar surface area (TPSA) is 56.1 Å². The smallest absolute Gasteiger partial charge is 0.248 e. The molecule has 0 atom stereocenters. The third-order valence-corrected chi connectivity index (χ3v) is 4.33. The van der Waals surface area contributed by atoms with Crippen LogP contribution in [0.5, 0.6) is 0 Å². The Morgan fingerprint density at radius 2 is 2.17 bits per heavy atom. The van der Waals surface area contributed by atoms with Gasteiger partial charge in [0.2, 0.25) is 5.91 Å². The first kappa shape index (κ1) is 15.6. The summed E-state index contributed by atoms with van der Waals surface area (Å²) in [4.78, 5) is 14.0. The minimum Gasteiger partial charge on any atom is -0.356 e. The standard InChI is InChI=1S/C19H23N3O/c1-13(2)8-15-4-3-5-16(10-20)19(15)21-17-9-18(23)22(12-17)11-14-6-7-14/h3-5,9,13-14,21H,6-8,11-12H2,1-2H3. The molecule has 0 bridgehead atoms. The van der Waals surface area contributed by atoms with E-state index in [0.29, 0.717) is 23.9 Å². The van der Waals surface area contributed by atoms with Crippen molar-refractivity contribution >= 4 is 11.6 Å². The number of nitriles is 1. The van der Waals surface area contributed by atoms with E-state index in [1.165, 1.54) is 12.8 Å². The molecule has 4 heteroatoms. The van der Waals surface area contributed by atoms with E-state index in [1.807, 2.05) is 17.0 Å². The molecule has 1 aliphatic heterocycles. The molecule has 4 nitrogen and oxygen atoms in total. The molecule has 1 fully saturated rings. The summed E-state index contributed by atoms with van der Waals surface area (Å²) in [6.07, 6.45) is 5.06. The molecular weight excluding hydrogens is 286 g/mol. The Balaban J connectivity index is 1.78. The molecular formula is C19H23N3O. The number of nitrogens with zero attached hydrogens (tertiary/aromatic N) is 2. The Morgan fingerprint density at radius 3 is 2.83 bits per heavy atom. The third kappa shape index (κ3) is 3.73. The number of carbonyl (C=O) groups excluding carboxylic acids is 1. The molecule has 1 aromatic carbocycles. The van der Waals surface area contributed by atoms with E-state index in [-0.39, 0.29) is 5.91 Å². The van der Waals surface area contributed by atoms with Gasteiger partial charge in [0, 0.05) is 18.3 Å². The van der Waals surface area contributed by atoms with Crippen LogP contribution in [0.2, 0.25) is 0 Å². The SMILES string of the molecule is CC(C)Cc1cccc(C#N)c1NC1=CC(=O)N(CC2CC2)C1. The Kier molecular flexibility index (Phi) is 4.38. The predicted molar refractivity (Wildman–Crippen MR) is 90.7 cm³/mol. The van der Waals surface area contributed by atoms with Crippen LogP contribution in [-0.4, -0.2) is 23.9 Å². The zero-order valence-electron chi connectivity index (χ0n) is 13.8. The summed E-state index contributed by atoms with van der Waals surface area (Å²) in [5.74, 6) is 1.28. The van der Waals surface area contributed by atoms with Crippen LogP contribution in [0, 0.1) is 23.2 Å². The highest BCUT2D eigenvalue weighted by Crippen LogP contribution is 2.31. The molecule has 0 spiro atoms. The summed E-state index contributed by atoms with van der Waals surface area (Å²) >= 11 is 0. The molecule has 0 aromatic heterocycles. The number of nitrogens with one attached hydrogen (secondary N) is 1. The van der Waals surface area contributed by atoms with E-state index in [9.17, 15) is 10.1 Å². The molecule has 120 valence electrons. The number of amides is 1. The van der Waals surface area contributed by atoms with Crippen molar-refractivity contribution in [1.29, 1.82) is 5.26 Å². The number of hydrogen-bond donors (Lipinski definition) is 1. The van der Waals surface area contributed by atoms with Crippen LogP contribution in [0.4, 0.5) is 5.69 Å². The maximum absolute atomic E-state index is 12.1. The monoisotopic (exact) mass is 309 g/mol. The highest BCUT2D eigenvalue weighted by Gasteiger charge is 2.29. The number of hydrogen-bond acceptors (Lipinski definition) is 3. The van der Waals surface area contributed by atoms with Crippen molar-refractivity contribution in [2.24, 2.45) is 11.8 Å². The lowest BCUT2D eigenvalue weighted by Crippen LogP contribution is -2.28. The fourth-order valence-electron chi connectivity index (χ4n) is 3.02. The van der Waals surface area contributed by atoms with Crippen molar-refractivity contribution in [2.75, 3.05) is 18.4 Å². The van der Waals surface area contributed by atoms with Gasteiger partial charge in [0.1, 0.15) is 6.07 Å². The van der Waals surface area contributed by atoms with Crippen LogP contribution in [0.1, 0.15) is 37.8 Å². The lowest BCUT2D eigenvalue weighted by atomic mass is 9.98. The lowest BCUT2D eigenvalue weighted by molar-refractivity contribution is -0.124. The molecule has 3 rings (SSSR count). The maximum atomic E-state index is 12.1. The van der Waals surface area contributed by atoms with Crippen molar-refractivity contribution in [3.8, 4) is 6.07 Å². The quantitative estimate of drug-likeness (QED) is 0.877. The van der Waals surface area contributed by atoms with Crippen LogP contribution in [0.25, 0.3) is 0 Å². The number of para-hydroxylation sites is 1. The summed E-state index contributed by atoms with van der Waals surface area (Å²) in [6, 6.07) is 8.07. The van der Waals surface area contributed by atoms with Gasteiger partial charge in [-0.25, -0.2) is 0 Å². The van der Waals surface area contributed by atoms with Gasteiger partial charge < -0.3 is 10.2 Å². The fraction of sp³-hybridized carbons (Fsp3) is 0.474. The molecule has 1 aliphatic carbocycles. The summed E-state index contributed by atoms with van der Waals surface area (Å²) < 4.78 is 0. The van der Waals surface area contributed by atoms with E-state index in [2.05, 4.69) is 31.3 Å². The fourth-order valence-corrected chi connectivity index (χ4v) is 3.02. The normalized spacial score (nSPS) is 17.4. The second-order valence-electron chi connectivity index (χ2n) is 7.01. The van der Waals surface area contributed by atoms with Gasteiger partial charge in [-0.3, -0.25) is 4.79 Å². The maximum Gasteiger partial charge on any atom is 0.248 e. The molecule has 1 aromatic rings. The van der Waals surface area contributed by atoms with Gasteiger partial charge in [0.25, 0.3) is 0 Å². The van der Waals surface area contributed by atoms with Gasteiger partial charge in [-0.05, 0) is 42.7 Å². The van der Waals surface area contributed by atoms with Gasteiger partial charge in [0.05, 0.1) is 17.8 Å². The van der Waals surface area contributed by atoms with Crippen LogP contribution in [-0.2, 0) is 11.2 Å². The van der Waals surface area contributed by atoms with E-state index in [1.54, 1.807) is 6.08 Å². The predicted octanol–water partition coefficient (Wildman–Crippen LogP) is 3.30. The minimum atomic E-state index is 0.0826. The summed E-state index contributed by atoms with van der Waals surface area (Å²) in [6.45, 7) is 5.81. The van der Waals surface area contributed by atoms with Gasteiger partial charge in [-0.15, -0.1) is 0 Å². The zero-order chi connectivity index (χ0) is 16.4. The van der Waals surface area contributed by atoms with Crippen molar-refractivity contribution in [2.45, 2.75) is 33.1 Å². The Morgan fingerprint density at radius 1 is 1.39 bits per heavy atom. The van der Waals surface area contributed by atoms with Crippen molar-refractivity contribution in [1.82, 2.24) is 4.90 Å². The molecule has 1 heterocycles. The molecule has 2 aliphatic rings. The van der Waals surface area contributed by atoms with Gasteiger partial charge >= 0.3 is 0 Å². The Hall–Kier alpha value is -2.28. The van der Waals surface area contributed by atoms with Gasteiger partial charge in [0.15, 0.2) is 0 Å². The summed E-state index contributed by atoms with van der Waals surface area (Å²) in [7, 11) is 0. The number of carbonyl (C=O) groups is 1. The first-order valence-corrected chi connectivity index (χ1v) is 8.35. The molecule has 1 amide bonds. The molecule has 0 unspecified atom stereocenters. The van der Waals surface area contributed by atoms with Gasteiger partial charge in [-0.1, -0.05) is 26.0 Å². The van der Waals surface area contributed by atoms with E-state index in [4.69, 9.17) is 0 Å². The second kappa shape index (κ2) is 6.45. The van der Waals surface area contributed by atoms with Crippen LogP contribution in [0.3, 0.4) is 0 Å². The van der Waals surface area contributed by atoms with Crippen LogP contribution in [0.15, 0.2) is 30.0 Å². The van der Waals surface area contributed by atoms with Crippen molar-refractivity contribution < 1.29 is 4.79 Å². The van der Waals surface area contributed by atoms with E-state index in [0.717, 1.165) is 29.9 Å². The minimum absolute atomic E-state index is 0.0826. The highest BCUT2D eigenvalue weighted by molar-refractivity contribution is 5.92. The molecule has 0 radical (unpaired) electrons. The number of rotatable bonds is 6. The van der Waals surface area contributed by atoms with Gasteiger partial charge in [-0.2, -0.15) is 5.26 Å². The third-order valence-electron chi connectivity index (χ3n) is 4.33. The lowest BCUT2D eigenvalue weighted by Gasteiger charge is -2.18. The zero-order valence-corrected chi connectivity index (χ0v) is 13.8. The summed E-state index contributed by atoms with van der Waals surface area (Å²) in [5, 5.41) is 12.8. The highest BCUT2D eigenvalue weighted by atomic mass is 16.2. The van der Waals surface area contributed by atoms with E-state index < -0.39 is 0 Å². The first-order valence-electron chi connectivity index (χ1n) is 8.35. The molecule has 23 heavy (non-hydrogen) atoms. The molecule has 1 saturated carbocycles. The molecule has 0 saturated heterocycles. The van der Waals surface area contributed by atoms with Crippen LogP contribution < -0.4 is 5.32 Å². The Labute approximate surface area is 137 Å². The largest absolute Gasteiger partial charge is 0.356 e. The first-order chi connectivity index (χ1) is 11.1. The Bertz CT molecular complexity index is 680. The average molecular weight is 309 g/mol. The molecule has 1 N–H and O–H groups in total. The average Bonchev–Trinajstić information content (AvgIpc) is 3.24. The summed E-state index contributed by atoms with van der Waals surface area (Å²) in [5.41, 5.74) is 3.52. The second-order valence-corrected chi connectivity index (χ2v) is 7.01. The van der Waals surface area contributed by atoms with Crippen LogP contribution >= 0.6 is 0 Å². The number of anilines is 1. The van der Waals surface area contributed by atoms with E-state index >= 15 is 0 Å². The van der Waals surface area contributed by atoms with Crippen molar-refractivity contribution in [3.63, 3.8) is 0 Å². The number of benzene rings is 1. The van der Waals surface area contributed by atoms with Crippen molar-refractivity contribution in [3.05, 3.63) is 41.1 Å².